The molecule has 9 heavy (non-hydrogen) atoms. The van der Waals surface area contributed by atoms with Crippen LogP contribution in [0.1, 0.15) is 0 Å². The lowest BCUT2D eigenvalue weighted by atomic mass is 10.7. The summed E-state index contributed by atoms with van der Waals surface area (Å²) in [5, 5.41) is 0. The summed E-state index contributed by atoms with van der Waals surface area (Å²) >= 11 is 0. The first kappa shape index (κ1) is 8.67. The van der Waals surface area contributed by atoms with Crippen molar-refractivity contribution in [1.82, 2.24) is 0 Å². The Hall–Kier alpha value is -0.330. The molecule has 1 unspecified atom stereocenters. The van der Waals surface area contributed by atoms with E-state index in [0.29, 0.717) is 6.61 Å². The van der Waals surface area contributed by atoms with Crippen molar-refractivity contribution in [2.75, 3.05) is 13.3 Å². The molecule has 0 aliphatic heterocycles. The third kappa shape index (κ3) is 4.19. The highest BCUT2D eigenvalue weighted by molar-refractivity contribution is 7.61. The van der Waals surface area contributed by atoms with E-state index in [1.807, 2.05) is 0 Å². The Labute approximate surface area is 55.7 Å². The lowest BCUT2D eigenvalue weighted by Gasteiger charge is -2.04. The molecule has 0 aliphatic carbocycles. The largest absolute Gasteiger partial charge is 0.322 e. The van der Waals surface area contributed by atoms with Gasteiger partial charge in [0.1, 0.15) is 0 Å². The maximum atomic E-state index is 11.0. The summed E-state index contributed by atoms with van der Waals surface area (Å²) < 4.78 is 15.8. The summed E-state index contributed by atoms with van der Waals surface area (Å²) in [6.07, 6.45) is 1.56. The molecule has 0 N–H and O–H groups in total. The topological polar surface area (TPSA) is 26.3 Å². The molecule has 0 saturated heterocycles. The normalized spacial score (nSPS) is 16.1. The molecule has 1 atom stereocenters. The van der Waals surface area contributed by atoms with E-state index in [1.54, 1.807) is 6.08 Å². The predicted molar refractivity (Wildman–Crippen MR) is 39.9 cm³/mol. The maximum absolute atomic E-state index is 11.0. The Balaban J connectivity index is 3.72. The van der Waals surface area contributed by atoms with Gasteiger partial charge in [-0.05, 0) is 5.82 Å². The van der Waals surface area contributed by atoms with Crippen LogP contribution in [-0.4, -0.2) is 13.3 Å². The Bertz CT molecular complexity index is 151. The molecule has 0 amide bonds. The van der Waals surface area contributed by atoms with Crippen molar-refractivity contribution in [3.63, 3.8) is 0 Å². The standard InChI is InChI=1S/C6H11O2P/c1-4-6-8-9(3,7)5-2/h4-5H,1-2,6H2,3H3. The first-order valence-electron chi connectivity index (χ1n) is 2.58. The summed E-state index contributed by atoms with van der Waals surface area (Å²) in [5.74, 6) is 1.33. The lowest BCUT2D eigenvalue weighted by Crippen LogP contribution is -1.83. The smallest absolute Gasteiger partial charge is 0.221 e. The first-order valence-corrected chi connectivity index (χ1v) is 4.73. The second kappa shape index (κ2) is 3.65. The number of rotatable bonds is 4. The quantitative estimate of drug-likeness (QED) is 0.449. The van der Waals surface area contributed by atoms with Crippen LogP contribution < -0.4 is 0 Å². The van der Waals surface area contributed by atoms with Gasteiger partial charge in [0, 0.05) is 6.66 Å². The molecule has 0 heterocycles. The average molecular weight is 146 g/mol. The van der Waals surface area contributed by atoms with Gasteiger partial charge >= 0.3 is 0 Å². The van der Waals surface area contributed by atoms with E-state index in [1.165, 1.54) is 12.5 Å². The minimum atomic E-state index is -2.50. The first-order chi connectivity index (χ1) is 4.12. The fraction of sp³-hybridized carbons (Fsp3) is 0.333. The van der Waals surface area contributed by atoms with Gasteiger partial charge in [-0.25, -0.2) is 0 Å². The third-order valence-electron chi connectivity index (χ3n) is 0.780. The van der Waals surface area contributed by atoms with Crippen LogP contribution in [0.25, 0.3) is 0 Å². The van der Waals surface area contributed by atoms with E-state index in [-0.39, 0.29) is 0 Å². The van der Waals surface area contributed by atoms with E-state index in [0.717, 1.165) is 0 Å². The molecule has 0 bridgehead atoms. The summed E-state index contributed by atoms with van der Waals surface area (Å²) in [6.45, 7) is 8.62. The van der Waals surface area contributed by atoms with E-state index in [4.69, 9.17) is 4.52 Å². The zero-order valence-electron chi connectivity index (χ0n) is 5.54. The average Bonchev–Trinajstić information content (AvgIpc) is 1.84. The second-order valence-corrected chi connectivity index (χ2v) is 4.12. The zero-order valence-corrected chi connectivity index (χ0v) is 6.43. The van der Waals surface area contributed by atoms with Crippen LogP contribution in [0.3, 0.4) is 0 Å². The Morgan fingerprint density at radius 2 is 2.22 bits per heavy atom. The van der Waals surface area contributed by atoms with Gasteiger partial charge in [-0.1, -0.05) is 12.7 Å². The van der Waals surface area contributed by atoms with E-state index < -0.39 is 7.37 Å². The Kier molecular flexibility index (Phi) is 3.52. The molecule has 0 radical (unpaired) electrons. The van der Waals surface area contributed by atoms with E-state index in [9.17, 15) is 4.57 Å². The van der Waals surface area contributed by atoms with Gasteiger partial charge in [-0.3, -0.25) is 4.57 Å². The molecule has 0 aromatic heterocycles. The number of hydrogen-bond donors (Lipinski definition) is 0. The summed E-state index contributed by atoms with van der Waals surface area (Å²) in [4.78, 5) is 0. The van der Waals surface area contributed by atoms with Crippen LogP contribution in [-0.2, 0) is 9.09 Å². The molecule has 0 aromatic rings. The summed E-state index contributed by atoms with van der Waals surface area (Å²) in [6, 6.07) is 0. The fourth-order valence-corrected chi connectivity index (χ4v) is 0.760. The molecule has 0 aromatic carbocycles. The van der Waals surface area contributed by atoms with Gasteiger partial charge in [0.15, 0.2) is 0 Å². The highest BCUT2D eigenvalue weighted by Crippen LogP contribution is 2.42. The van der Waals surface area contributed by atoms with E-state index >= 15 is 0 Å². The minimum absolute atomic E-state index is 0.319. The SMILES string of the molecule is C=CCOP(C)(=O)C=C. The van der Waals surface area contributed by atoms with Crippen LogP contribution in [0.5, 0.6) is 0 Å². The Morgan fingerprint density at radius 1 is 1.67 bits per heavy atom. The molecule has 2 nitrogen and oxygen atoms in total. The fourth-order valence-electron chi connectivity index (χ4n) is 0.253. The van der Waals surface area contributed by atoms with Gasteiger partial charge in [0.25, 0.3) is 0 Å². The molecule has 0 saturated carbocycles. The molecule has 0 fully saturated rings. The van der Waals surface area contributed by atoms with Crippen LogP contribution in [0.15, 0.2) is 25.1 Å². The van der Waals surface area contributed by atoms with Gasteiger partial charge in [0.2, 0.25) is 7.37 Å². The van der Waals surface area contributed by atoms with Crippen molar-refractivity contribution in [1.29, 1.82) is 0 Å². The van der Waals surface area contributed by atoms with Crippen LogP contribution >= 0.6 is 7.37 Å². The van der Waals surface area contributed by atoms with Crippen molar-refractivity contribution >= 4 is 7.37 Å². The van der Waals surface area contributed by atoms with Crippen LogP contribution in [0.4, 0.5) is 0 Å². The van der Waals surface area contributed by atoms with Crippen molar-refractivity contribution in [2.24, 2.45) is 0 Å². The van der Waals surface area contributed by atoms with Crippen molar-refractivity contribution in [3.8, 4) is 0 Å². The van der Waals surface area contributed by atoms with Crippen LogP contribution in [0, 0.1) is 0 Å². The zero-order chi connectivity index (χ0) is 7.33. The van der Waals surface area contributed by atoms with Crippen LogP contribution in [0.2, 0.25) is 0 Å². The highest BCUT2D eigenvalue weighted by Gasteiger charge is 2.06. The number of hydrogen-bond acceptors (Lipinski definition) is 2. The molecule has 3 heteroatoms. The predicted octanol–water partition coefficient (Wildman–Crippen LogP) is 2.24. The molecular weight excluding hydrogens is 135 g/mol. The van der Waals surface area contributed by atoms with Crippen molar-refractivity contribution < 1.29 is 9.09 Å². The van der Waals surface area contributed by atoms with Gasteiger partial charge in [-0.2, -0.15) is 0 Å². The molecular formula is C6H11O2P. The molecule has 0 rings (SSSR count). The van der Waals surface area contributed by atoms with Gasteiger partial charge in [-0.15, -0.1) is 6.58 Å². The van der Waals surface area contributed by atoms with Crippen molar-refractivity contribution in [3.05, 3.63) is 25.1 Å². The third-order valence-corrected chi connectivity index (χ3v) is 2.11. The van der Waals surface area contributed by atoms with Gasteiger partial charge < -0.3 is 4.52 Å². The Morgan fingerprint density at radius 3 is 2.56 bits per heavy atom. The molecule has 52 valence electrons. The van der Waals surface area contributed by atoms with E-state index in [2.05, 4.69) is 13.2 Å². The second-order valence-electron chi connectivity index (χ2n) is 1.68. The minimum Gasteiger partial charge on any atom is -0.322 e. The summed E-state index contributed by atoms with van der Waals surface area (Å²) in [7, 11) is -2.50. The molecule has 0 spiro atoms. The van der Waals surface area contributed by atoms with Gasteiger partial charge in [0.05, 0.1) is 6.61 Å². The highest BCUT2D eigenvalue weighted by atomic mass is 31.2. The molecule has 0 aliphatic rings. The summed E-state index contributed by atoms with van der Waals surface area (Å²) in [5.41, 5.74) is 0. The maximum Gasteiger partial charge on any atom is 0.221 e. The van der Waals surface area contributed by atoms with Crippen molar-refractivity contribution in [2.45, 2.75) is 0 Å². The monoisotopic (exact) mass is 146 g/mol. The lowest BCUT2D eigenvalue weighted by molar-refractivity contribution is 0.364.